The van der Waals surface area contributed by atoms with Gasteiger partial charge in [-0.05, 0) is 12.5 Å². The molecule has 0 radical (unpaired) electrons. The Kier molecular flexibility index (Phi) is 7.76. The molecule has 0 aromatic rings. The summed E-state index contributed by atoms with van der Waals surface area (Å²) in [6.45, 7) is 9.07. The van der Waals surface area contributed by atoms with Crippen LogP contribution in [0.15, 0.2) is 12.2 Å². The first-order valence-electron chi connectivity index (χ1n) is 4.32. The molecule has 17 heavy (non-hydrogen) atoms. The van der Waals surface area contributed by atoms with Crippen molar-refractivity contribution >= 4 is 5.97 Å². The van der Waals surface area contributed by atoms with E-state index < -0.39 is 30.3 Å². The number of hydrogen-bond acceptors (Lipinski definition) is 3. The summed E-state index contributed by atoms with van der Waals surface area (Å²) in [5.74, 6) is -0.854. The number of carbonyl (C=O) groups is 1. The van der Waals surface area contributed by atoms with Crippen molar-refractivity contribution in [3.8, 4) is 0 Å². The fraction of sp³-hybridized carbons (Fsp3) is 0.500. The van der Waals surface area contributed by atoms with Crippen molar-refractivity contribution in [3.63, 3.8) is 0 Å². The summed E-state index contributed by atoms with van der Waals surface area (Å²) in [4.78, 5) is 11.1. The molecule has 0 spiro atoms. The quantitative estimate of drug-likeness (QED) is 0.386. The predicted octanol–water partition coefficient (Wildman–Crippen LogP) is 2.56. The van der Waals surface area contributed by atoms with Crippen LogP contribution in [0.25, 0.3) is 0 Å². The molecule has 0 aliphatic heterocycles. The van der Waals surface area contributed by atoms with Crippen molar-refractivity contribution in [2.75, 3.05) is 0 Å². The van der Waals surface area contributed by atoms with Crippen LogP contribution in [-0.2, 0) is 9.53 Å². The third-order valence-electron chi connectivity index (χ3n) is 1.56. The second-order valence-corrected chi connectivity index (χ2v) is 3.74. The Balaban J connectivity index is 0. The van der Waals surface area contributed by atoms with Crippen LogP contribution in [0.4, 0.5) is 13.2 Å². The Morgan fingerprint density at radius 1 is 1.53 bits per heavy atom. The number of carbonyl (C=O) groups excluding carboxylic acids is 1. The van der Waals surface area contributed by atoms with Crippen LogP contribution in [0.2, 0.25) is 0 Å². The van der Waals surface area contributed by atoms with Gasteiger partial charge in [0.2, 0.25) is 0 Å². The summed E-state index contributed by atoms with van der Waals surface area (Å²) in [5.41, 5.74) is -1.64. The van der Waals surface area contributed by atoms with Gasteiger partial charge in [-0.25, -0.2) is 18.0 Å². The Bertz CT molecular complexity index is 287. The van der Waals surface area contributed by atoms with Gasteiger partial charge in [-0.15, -0.1) is 6.42 Å². The first-order valence-corrected chi connectivity index (χ1v) is 4.32. The molecule has 0 fully saturated rings. The van der Waals surface area contributed by atoms with Crippen molar-refractivity contribution in [1.29, 1.82) is 0 Å². The van der Waals surface area contributed by atoms with Gasteiger partial charge in [-0.2, -0.15) is 0 Å². The molecule has 0 heterocycles. The third-order valence-corrected chi connectivity index (χ3v) is 1.56. The molecule has 7 heteroatoms. The third kappa shape index (κ3) is 7.85. The monoisotopic (exact) mass is 476 g/mol. The molecular formula is C10H13F3O3U. The van der Waals surface area contributed by atoms with E-state index in [-0.39, 0.29) is 36.7 Å². The summed E-state index contributed by atoms with van der Waals surface area (Å²) in [6, 6.07) is 0. The second-order valence-electron chi connectivity index (χ2n) is 3.74. The summed E-state index contributed by atoms with van der Waals surface area (Å²) in [7, 11) is 0. The standard InChI is InChI=1S/C10H13F3O3.U/c1-6(2)8(15)16-9(3,4)5-7(14)10(11,12)13;/h14H,1,3,5H2,2,4H3;/q-2;+2. The van der Waals surface area contributed by atoms with E-state index in [1.165, 1.54) is 6.92 Å². The fourth-order valence-corrected chi connectivity index (χ4v) is 0.801. The first kappa shape index (κ1) is 19.4. The molecule has 1 N–H and O–H groups in total. The Hall–Kier alpha value is 0.0119. The van der Waals surface area contributed by atoms with Crippen LogP contribution >= 0.6 is 0 Å². The Labute approximate surface area is 122 Å². The van der Waals surface area contributed by atoms with E-state index in [2.05, 4.69) is 18.2 Å². The molecule has 1 atom stereocenters. The molecule has 0 rings (SSSR count). The zero-order valence-corrected chi connectivity index (χ0v) is 13.7. The average Bonchev–Trinajstić information content (AvgIpc) is 1.99. The zero-order valence-electron chi connectivity index (χ0n) is 9.52. The van der Waals surface area contributed by atoms with Crippen LogP contribution in [0.1, 0.15) is 20.3 Å². The molecule has 0 saturated carbocycles. The van der Waals surface area contributed by atoms with Gasteiger partial charge >= 0.3 is 37.1 Å². The van der Waals surface area contributed by atoms with Gasteiger partial charge in [0.1, 0.15) is 0 Å². The minimum Gasteiger partial charge on any atom is -0.554 e. The van der Waals surface area contributed by atoms with Crippen molar-refractivity contribution in [1.82, 2.24) is 0 Å². The van der Waals surface area contributed by atoms with E-state index in [1.54, 1.807) is 0 Å². The fourth-order valence-electron chi connectivity index (χ4n) is 0.801. The van der Waals surface area contributed by atoms with E-state index in [9.17, 15) is 18.0 Å². The first-order chi connectivity index (χ1) is 6.96. The van der Waals surface area contributed by atoms with Crippen LogP contribution in [0, 0.1) is 44.1 Å². The predicted molar refractivity (Wildman–Crippen MR) is 50.5 cm³/mol. The van der Waals surface area contributed by atoms with Gasteiger partial charge in [0.15, 0.2) is 0 Å². The van der Waals surface area contributed by atoms with Gasteiger partial charge in [-0.1, -0.05) is 19.6 Å². The van der Waals surface area contributed by atoms with E-state index in [0.29, 0.717) is 0 Å². The molecule has 0 saturated heterocycles. The SMILES string of the molecule is C=C(C)C(=O)OC([CH2-])(C)C[C-](O)C(F)(F)F.[U+2]. The van der Waals surface area contributed by atoms with E-state index in [4.69, 9.17) is 5.11 Å². The maximum Gasteiger partial charge on any atom is 2.00 e. The molecule has 0 amide bonds. The molecule has 1 unspecified atom stereocenters. The van der Waals surface area contributed by atoms with E-state index in [1.807, 2.05) is 0 Å². The molecule has 0 aliphatic carbocycles. The number of esters is 1. The largest absolute Gasteiger partial charge is 2.00 e. The van der Waals surface area contributed by atoms with Gasteiger partial charge in [0, 0.05) is 5.57 Å². The minimum atomic E-state index is -4.84. The topological polar surface area (TPSA) is 46.5 Å². The number of aliphatic hydroxyl groups excluding tert-OH is 1. The number of ether oxygens (including phenoxy) is 1. The normalized spacial score (nSPS) is 14.8. The summed E-state index contributed by atoms with van der Waals surface area (Å²) >= 11 is 0. The molecule has 0 bridgehead atoms. The Morgan fingerprint density at radius 3 is 2.24 bits per heavy atom. The summed E-state index contributed by atoms with van der Waals surface area (Å²) in [5, 5.41) is 8.71. The number of halogens is 3. The smallest absolute Gasteiger partial charge is 0.554 e. The van der Waals surface area contributed by atoms with E-state index in [0.717, 1.165) is 6.92 Å². The second kappa shape index (κ2) is 6.81. The van der Waals surface area contributed by atoms with Crippen LogP contribution in [-0.4, -0.2) is 22.9 Å². The van der Waals surface area contributed by atoms with Gasteiger partial charge in [0.25, 0.3) is 6.18 Å². The average molecular weight is 476 g/mol. The molecule has 0 aromatic carbocycles. The number of alkyl halides is 3. The maximum atomic E-state index is 12.0. The van der Waals surface area contributed by atoms with Crippen LogP contribution in [0.3, 0.4) is 0 Å². The molecule has 0 aliphatic rings. The van der Waals surface area contributed by atoms with E-state index >= 15 is 0 Å². The maximum absolute atomic E-state index is 12.0. The van der Waals surface area contributed by atoms with Gasteiger partial charge in [-0.3, -0.25) is 0 Å². The molecular weight excluding hydrogens is 463 g/mol. The molecule has 3 nitrogen and oxygen atoms in total. The minimum absolute atomic E-state index is 0. The van der Waals surface area contributed by atoms with Crippen molar-refractivity contribution in [2.45, 2.75) is 32.0 Å². The van der Waals surface area contributed by atoms with Crippen LogP contribution < -0.4 is 0 Å². The van der Waals surface area contributed by atoms with Gasteiger partial charge in [0.05, 0.1) is 0 Å². The summed E-state index contributed by atoms with van der Waals surface area (Å²) in [6.07, 6.45) is -7.48. The van der Waals surface area contributed by atoms with Crippen molar-refractivity contribution in [3.05, 3.63) is 25.2 Å². The summed E-state index contributed by atoms with van der Waals surface area (Å²) < 4.78 is 40.6. The number of aliphatic hydroxyl groups is 1. The van der Waals surface area contributed by atoms with Crippen molar-refractivity contribution < 1.29 is 58.9 Å². The zero-order chi connectivity index (χ0) is 13.1. The number of hydrogen-bond donors (Lipinski definition) is 1. The molecule has 0 aromatic heterocycles. The Morgan fingerprint density at radius 2 is 1.94 bits per heavy atom. The number of rotatable bonds is 4. The molecule has 96 valence electrons. The van der Waals surface area contributed by atoms with Crippen LogP contribution in [0.5, 0.6) is 0 Å². The van der Waals surface area contributed by atoms with Crippen molar-refractivity contribution in [2.24, 2.45) is 0 Å². The van der Waals surface area contributed by atoms with Gasteiger partial charge < -0.3 is 16.8 Å².